The van der Waals surface area contributed by atoms with Gasteiger partial charge < -0.3 is 10.2 Å². The molecule has 0 radical (unpaired) electrons. The lowest BCUT2D eigenvalue weighted by Crippen LogP contribution is -2.10. The predicted molar refractivity (Wildman–Crippen MR) is 50.4 cm³/mol. The summed E-state index contributed by atoms with van der Waals surface area (Å²) in [5.41, 5.74) is 6.34. The second-order valence-corrected chi connectivity index (χ2v) is 3.28. The van der Waals surface area contributed by atoms with Crippen molar-refractivity contribution in [2.75, 3.05) is 5.73 Å². The van der Waals surface area contributed by atoms with E-state index in [4.69, 9.17) is 10.2 Å². The van der Waals surface area contributed by atoms with Gasteiger partial charge in [-0.25, -0.2) is 0 Å². The molecule has 5 heteroatoms. The zero-order valence-electron chi connectivity index (χ0n) is 7.64. The predicted octanol–water partition coefficient (Wildman–Crippen LogP) is 3.12. The average Bonchev–Trinajstić information content (AvgIpc) is 2.48. The van der Waals surface area contributed by atoms with Gasteiger partial charge in [-0.05, 0) is 6.07 Å². The summed E-state index contributed by atoms with van der Waals surface area (Å²) in [5, 5.41) is 0.423. The minimum Gasteiger partial charge on any atom is -0.462 e. The SMILES string of the molecule is Nc1cccc2c(CC(F)(F)F)coc12. The van der Waals surface area contributed by atoms with Gasteiger partial charge in [0.05, 0.1) is 18.4 Å². The number of furan rings is 1. The molecule has 0 spiro atoms. The lowest BCUT2D eigenvalue weighted by atomic mass is 10.1. The summed E-state index contributed by atoms with van der Waals surface area (Å²) in [6, 6.07) is 4.76. The lowest BCUT2D eigenvalue weighted by Gasteiger charge is -2.03. The molecule has 2 nitrogen and oxygen atoms in total. The number of anilines is 1. The Morgan fingerprint density at radius 1 is 1.27 bits per heavy atom. The summed E-state index contributed by atoms with van der Waals surface area (Å²) < 4.78 is 41.5. The summed E-state index contributed by atoms with van der Waals surface area (Å²) in [5.74, 6) is 0. The highest BCUT2D eigenvalue weighted by molar-refractivity contribution is 5.90. The van der Waals surface area contributed by atoms with Gasteiger partial charge in [-0.3, -0.25) is 0 Å². The number of alkyl halides is 3. The van der Waals surface area contributed by atoms with E-state index in [2.05, 4.69) is 0 Å². The molecule has 2 aromatic rings. The molecule has 0 bridgehead atoms. The number of fused-ring (bicyclic) bond motifs is 1. The summed E-state index contributed by atoms with van der Waals surface area (Å²) in [6.45, 7) is 0. The zero-order valence-corrected chi connectivity index (χ0v) is 7.64. The molecule has 80 valence electrons. The molecule has 2 N–H and O–H groups in total. The molecule has 0 aliphatic carbocycles. The third-order valence-corrected chi connectivity index (χ3v) is 2.10. The van der Waals surface area contributed by atoms with Crippen LogP contribution in [0.5, 0.6) is 0 Å². The first-order valence-corrected chi connectivity index (χ1v) is 4.29. The number of nitrogens with two attached hydrogens (primary N) is 1. The Labute approximate surface area is 83.5 Å². The van der Waals surface area contributed by atoms with Crippen LogP contribution in [-0.4, -0.2) is 6.18 Å². The van der Waals surface area contributed by atoms with Crippen LogP contribution in [0, 0.1) is 0 Å². The Kier molecular flexibility index (Phi) is 2.10. The molecular formula is C10H8F3NO. The monoisotopic (exact) mass is 215 g/mol. The Morgan fingerprint density at radius 2 is 2.00 bits per heavy atom. The topological polar surface area (TPSA) is 39.2 Å². The molecule has 0 saturated carbocycles. The Morgan fingerprint density at radius 3 is 2.67 bits per heavy atom. The molecule has 0 saturated heterocycles. The van der Waals surface area contributed by atoms with Crippen LogP contribution in [-0.2, 0) is 6.42 Å². The third kappa shape index (κ3) is 1.91. The van der Waals surface area contributed by atoms with Gasteiger partial charge in [0.2, 0.25) is 0 Å². The van der Waals surface area contributed by atoms with Crippen molar-refractivity contribution in [2.24, 2.45) is 0 Å². The quantitative estimate of drug-likeness (QED) is 0.742. The molecule has 0 aliphatic heterocycles. The first-order chi connectivity index (χ1) is 6.97. The molecule has 15 heavy (non-hydrogen) atoms. The fraction of sp³-hybridized carbons (Fsp3) is 0.200. The molecular weight excluding hydrogens is 207 g/mol. The normalized spacial score (nSPS) is 12.2. The highest BCUT2D eigenvalue weighted by Crippen LogP contribution is 2.30. The standard InChI is InChI=1S/C10H8F3NO/c11-10(12,13)4-6-5-15-9-7(6)2-1-3-8(9)14/h1-3,5H,4,14H2. The Balaban J connectivity index is 2.50. The molecule has 1 aromatic carbocycles. The number of hydrogen-bond donors (Lipinski definition) is 1. The summed E-state index contributed by atoms with van der Waals surface area (Å²) in [6.07, 6.45) is -4.13. The van der Waals surface area contributed by atoms with Crippen molar-refractivity contribution >= 4 is 16.7 Å². The maximum Gasteiger partial charge on any atom is 0.393 e. The number of nitrogen functional groups attached to an aromatic ring is 1. The zero-order chi connectivity index (χ0) is 11.1. The van der Waals surface area contributed by atoms with Gasteiger partial charge in [0.15, 0.2) is 5.58 Å². The molecule has 0 aliphatic rings. The fourth-order valence-corrected chi connectivity index (χ4v) is 1.49. The smallest absolute Gasteiger partial charge is 0.393 e. The van der Waals surface area contributed by atoms with Crippen LogP contribution in [0.4, 0.5) is 18.9 Å². The van der Waals surface area contributed by atoms with E-state index >= 15 is 0 Å². The average molecular weight is 215 g/mol. The van der Waals surface area contributed by atoms with Gasteiger partial charge in [-0.15, -0.1) is 0 Å². The minimum absolute atomic E-state index is 0.116. The second kappa shape index (κ2) is 3.18. The number of halogens is 3. The first-order valence-electron chi connectivity index (χ1n) is 4.29. The molecule has 1 aromatic heterocycles. The van der Waals surface area contributed by atoms with Crippen LogP contribution >= 0.6 is 0 Å². The van der Waals surface area contributed by atoms with Gasteiger partial charge in [-0.2, -0.15) is 13.2 Å². The fourth-order valence-electron chi connectivity index (χ4n) is 1.49. The van der Waals surface area contributed by atoms with Crippen molar-refractivity contribution in [2.45, 2.75) is 12.6 Å². The van der Waals surface area contributed by atoms with E-state index in [0.717, 1.165) is 6.26 Å². The van der Waals surface area contributed by atoms with Crippen LogP contribution in [0.1, 0.15) is 5.56 Å². The van der Waals surface area contributed by atoms with Crippen molar-refractivity contribution in [3.05, 3.63) is 30.0 Å². The van der Waals surface area contributed by atoms with E-state index < -0.39 is 12.6 Å². The number of rotatable bonds is 1. The maximum atomic E-state index is 12.2. The molecule has 0 amide bonds. The molecule has 1 heterocycles. The van der Waals surface area contributed by atoms with Crippen molar-refractivity contribution in [1.82, 2.24) is 0 Å². The van der Waals surface area contributed by atoms with E-state index in [9.17, 15) is 13.2 Å². The molecule has 0 unspecified atom stereocenters. The van der Waals surface area contributed by atoms with E-state index in [1.54, 1.807) is 18.2 Å². The van der Waals surface area contributed by atoms with Gasteiger partial charge in [0.25, 0.3) is 0 Å². The van der Waals surface area contributed by atoms with Crippen molar-refractivity contribution in [1.29, 1.82) is 0 Å². The minimum atomic E-state index is -4.23. The number of hydrogen-bond acceptors (Lipinski definition) is 2. The van der Waals surface area contributed by atoms with Crippen LogP contribution in [0.2, 0.25) is 0 Å². The van der Waals surface area contributed by atoms with Crippen LogP contribution in [0.25, 0.3) is 11.0 Å². The van der Waals surface area contributed by atoms with Crippen LogP contribution in [0.3, 0.4) is 0 Å². The van der Waals surface area contributed by atoms with E-state index in [1.807, 2.05) is 0 Å². The van der Waals surface area contributed by atoms with Gasteiger partial charge >= 0.3 is 6.18 Å². The first kappa shape index (κ1) is 9.89. The largest absolute Gasteiger partial charge is 0.462 e. The highest BCUT2D eigenvalue weighted by atomic mass is 19.4. The number of benzene rings is 1. The van der Waals surface area contributed by atoms with E-state index in [1.165, 1.54) is 0 Å². The Bertz CT molecular complexity index is 487. The summed E-state index contributed by atoms with van der Waals surface area (Å²) in [4.78, 5) is 0. The number of para-hydroxylation sites is 1. The maximum absolute atomic E-state index is 12.2. The molecule has 0 fully saturated rings. The summed E-state index contributed by atoms with van der Waals surface area (Å²) >= 11 is 0. The third-order valence-electron chi connectivity index (χ3n) is 2.10. The van der Waals surface area contributed by atoms with Crippen molar-refractivity contribution in [3.8, 4) is 0 Å². The Hall–Kier alpha value is -1.65. The van der Waals surface area contributed by atoms with Gasteiger partial charge in [0, 0.05) is 10.9 Å². The van der Waals surface area contributed by atoms with Crippen molar-refractivity contribution in [3.63, 3.8) is 0 Å². The molecule has 2 rings (SSSR count). The highest BCUT2D eigenvalue weighted by Gasteiger charge is 2.29. The van der Waals surface area contributed by atoms with Gasteiger partial charge in [0.1, 0.15) is 0 Å². The van der Waals surface area contributed by atoms with E-state index in [-0.39, 0.29) is 5.56 Å². The second-order valence-electron chi connectivity index (χ2n) is 3.28. The van der Waals surface area contributed by atoms with Crippen molar-refractivity contribution < 1.29 is 17.6 Å². The van der Waals surface area contributed by atoms with Crippen LogP contribution in [0.15, 0.2) is 28.9 Å². The summed E-state index contributed by atoms with van der Waals surface area (Å²) in [7, 11) is 0. The van der Waals surface area contributed by atoms with Gasteiger partial charge in [-0.1, -0.05) is 12.1 Å². The lowest BCUT2D eigenvalue weighted by molar-refractivity contribution is -0.127. The molecule has 0 atom stereocenters. The van der Waals surface area contributed by atoms with E-state index in [0.29, 0.717) is 16.7 Å². The van der Waals surface area contributed by atoms with Crippen LogP contribution < -0.4 is 5.73 Å².